The second kappa shape index (κ2) is 12.8. The average molecular weight is 604 g/mol. The molecule has 0 aliphatic heterocycles. The standard InChI is InChI=1S/C28H32F7N5O2/c1-15(41)26(42)39(11-10-21(36)23(31)32)22(27(2,3)4)25-37-24(19-13-18(29)8-9-20(19)30)38-40(25)14-16-6-5-7-17(12-16)28(33,34)35/h5-9,12-13,15,21-23,41H,10-11,14,36H2,1-4H3/t15-,21+,22-/m0/s1. The van der Waals surface area contributed by atoms with Gasteiger partial charge in [-0.3, -0.25) is 4.79 Å². The van der Waals surface area contributed by atoms with Crippen LogP contribution in [0.3, 0.4) is 0 Å². The molecule has 0 aliphatic rings. The van der Waals surface area contributed by atoms with Crippen molar-refractivity contribution < 1.29 is 40.6 Å². The minimum Gasteiger partial charge on any atom is -0.384 e. The molecule has 0 radical (unpaired) electrons. The van der Waals surface area contributed by atoms with Crippen LogP contribution < -0.4 is 5.73 Å². The van der Waals surface area contributed by atoms with Crippen LogP contribution in [0, 0.1) is 17.0 Å². The Kier molecular flexibility index (Phi) is 10.0. The third-order valence-corrected chi connectivity index (χ3v) is 6.50. The number of amides is 1. The largest absolute Gasteiger partial charge is 0.416 e. The summed E-state index contributed by atoms with van der Waals surface area (Å²) < 4.78 is 96.7. The summed E-state index contributed by atoms with van der Waals surface area (Å²) in [4.78, 5) is 18.8. The van der Waals surface area contributed by atoms with Crippen molar-refractivity contribution in [2.24, 2.45) is 11.1 Å². The minimum absolute atomic E-state index is 0.0572. The van der Waals surface area contributed by atoms with Gasteiger partial charge < -0.3 is 15.7 Å². The zero-order valence-corrected chi connectivity index (χ0v) is 23.3. The van der Waals surface area contributed by atoms with Crippen LogP contribution in [0.2, 0.25) is 0 Å². The molecule has 14 heteroatoms. The van der Waals surface area contributed by atoms with E-state index in [1.807, 2.05) is 0 Å². The first-order valence-corrected chi connectivity index (χ1v) is 13.0. The predicted octanol–water partition coefficient (Wildman–Crippen LogP) is 5.57. The van der Waals surface area contributed by atoms with E-state index >= 15 is 0 Å². The van der Waals surface area contributed by atoms with Crippen molar-refractivity contribution in [1.82, 2.24) is 19.7 Å². The Morgan fingerprint density at radius 1 is 1.10 bits per heavy atom. The number of halogens is 7. The van der Waals surface area contributed by atoms with Crippen molar-refractivity contribution in [3.63, 3.8) is 0 Å². The van der Waals surface area contributed by atoms with E-state index in [1.165, 1.54) is 19.1 Å². The summed E-state index contributed by atoms with van der Waals surface area (Å²) in [6, 6.07) is 4.21. The van der Waals surface area contributed by atoms with Gasteiger partial charge >= 0.3 is 6.18 Å². The summed E-state index contributed by atoms with van der Waals surface area (Å²) in [5, 5.41) is 14.5. The van der Waals surface area contributed by atoms with Crippen LogP contribution in [0.5, 0.6) is 0 Å². The van der Waals surface area contributed by atoms with Gasteiger partial charge in [0.15, 0.2) is 11.6 Å². The van der Waals surface area contributed by atoms with Crippen LogP contribution in [0.1, 0.15) is 57.1 Å². The SMILES string of the molecule is C[C@H](O)C(=O)N(CC[C@@H](N)C(F)F)[C@@H](c1nc(-c2cc(F)ccc2F)nn1Cc1cccc(C(F)(F)F)c1)C(C)(C)C. The maximum Gasteiger partial charge on any atom is 0.416 e. The molecule has 0 fully saturated rings. The number of aromatic nitrogens is 3. The van der Waals surface area contributed by atoms with Gasteiger partial charge in [0.05, 0.1) is 29.8 Å². The molecule has 0 saturated heterocycles. The molecule has 42 heavy (non-hydrogen) atoms. The first kappa shape index (κ1) is 33.0. The quantitative estimate of drug-likeness (QED) is 0.296. The van der Waals surface area contributed by atoms with Gasteiger partial charge in [-0.15, -0.1) is 0 Å². The zero-order valence-electron chi connectivity index (χ0n) is 23.3. The molecule has 0 unspecified atom stereocenters. The smallest absolute Gasteiger partial charge is 0.384 e. The summed E-state index contributed by atoms with van der Waals surface area (Å²) in [6.45, 7) is 5.54. The number of nitrogens with two attached hydrogens (primary N) is 1. The summed E-state index contributed by atoms with van der Waals surface area (Å²) in [5.74, 6) is -2.92. The van der Waals surface area contributed by atoms with E-state index in [0.29, 0.717) is 0 Å². The van der Waals surface area contributed by atoms with Crippen molar-refractivity contribution in [3.8, 4) is 11.4 Å². The second-order valence-electron chi connectivity index (χ2n) is 11.0. The third-order valence-electron chi connectivity index (χ3n) is 6.50. The summed E-state index contributed by atoms with van der Waals surface area (Å²) in [5.41, 5.74) is 3.43. The van der Waals surface area contributed by atoms with Gasteiger partial charge in [-0.05, 0) is 54.7 Å². The molecule has 7 nitrogen and oxygen atoms in total. The van der Waals surface area contributed by atoms with Crippen molar-refractivity contribution in [2.45, 2.75) is 71.4 Å². The van der Waals surface area contributed by atoms with Crippen molar-refractivity contribution in [1.29, 1.82) is 0 Å². The van der Waals surface area contributed by atoms with E-state index in [0.717, 1.165) is 39.9 Å². The molecular weight excluding hydrogens is 571 g/mol. The number of benzene rings is 2. The molecule has 1 aromatic heterocycles. The lowest BCUT2D eigenvalue weighted by Crippen LogP contribution is -2.48. The van der Waals surface area contributed by atoms with Crippen molar-refractivity contribution in [2.75, 3.05) is 6.54 Å². The number of hydrogen-bond donors (Lipinski definition) is 2. The molecule has 1 heterocycles. The molecule has 0 spiro atoms. The molecule has 0 bridgehead atoms. The fourth-order valence-electron chi connectivity index (χ4n) is 4.49. The Balaban J connectivity index is 2.24. The highest BCUT2D eigenvalue weighted by Gasteiger charge is 2.40. The van der Waals surface area contributed by atoms with E-state index < -0.39 is 59.3 Å². The van der Waals surface area contributed by atoms with E-state index in [1.54, 1.807) is 20.8 Å². The number of carbonyl (C=O) groups is 1. The lowest BCUT2D eigenvalue weighted by atomic mass is 9.84. The highest BCUT2D eigenvalue weighted by Crippen LogP contribution is 2.39. The molecule has 3 atom stereocenters. The van der Waals surface area contributed by atoms with Crippen molar-refractivity contribution >= 4 is 5.91 Å². The van der Waals surface area contributed by atoms with E-state index in [4.69, 9.17) is 5.73 Å². The van der Waals surface area contributed by atoms with Crippen LogP contribution in [0.25, 0.3) is 11.4 Å². The Labute approximate surface area is 238 Å². The average Bonchev–Trinajstić information content (AvgIpc) is 3.28. The Morgan fingerprint density at radius 2 is 1.76 bits per heavy atom. The highest BCUT2D eigenvalue weighted by molar-refractivity contribution is 5.80. The van der Waals surface area contributed by atoms with Gasteiger partial charge in [0.2, 0.25) is 0 Å². The van der Waals surface area contributed by atoms with Crippen LogP contribution >= 0.6 is 0 Å². The molecule has 230 valence electrons. The number of aliphatic hydroxyl groups excluding tert-OH is 1. The number of hydrogen-bond acceptors (Lipinski definition) is 5. The molecule has 0 aliphatic carbocycles. The molecule has 3 aromatic rings. The molecule has 3 N–H and O–H groups in total. The highest BCUT2D eigenvalue weighted by atomic mass is 19.4. The Bertz CT molecular complexity index is 1390. The number of alkyl halides is 5. The fourth-order valence-corrected chi connectivity index (χ4v) is 4.49. The van der Waals surface area contributed by atoms with Crippen LogP contribution in [-0.4, -0.2) is 55.8 Å². The van der Waals surface area contributed by atoms with Crippen LogP contribution in [0.15, 0.2) is 42.5 Å². The second-order valence-corrected chi connectivity index (χ2v) is 11.0. The van der Waals surface area contributed by atoms with Gasteiger partial charge in [-0.1, -0.05) is 32.9 Å². The molecule has 0 saturated carbocycles. The lowest BCUT2D eigenvalue weighted by Gasteiger charge is -2.40. The van der Waals surface area contributed by atoms with Gasteiger partial charge in [0, 0.05) is 6.54 Å². The number of aliphatic hydroxyl groups is 1. The fraction of sp³-hybridized carbons (Fsp3) is 0.464. The maximum absolute atomic E-state index is 14.8. The van der Waals surface area contributed by atoms with Gasteiger partial charge in [-0.25, -0.2) is 27.2 Å². The normalized spacial score (nSPS) is 14.6. The minimum atomic E-state index is -4.64. The maximum atomic E-state index is 14.8. The lowest BCUT2D eigenvalue weighted by molar-refractivity contribution is -0.145. The van der Waals surface area contributed by atoms with Crippen LogP contribution in [0.4, 0.5) is 30.7 Å². The summed E-state index contributed by atoms with van der Waals surface area (Å²) in [7, 11) is 0. The first-order valence-electron chi connectivity index (χ1n) is 13.0. The van der Waals surface area contributed by atoms with E-state index in [2.05, 4.69) is 10.1 Å². The Hall–Kier alpha value is -3.52. The van der Waals surface area contributed by atoms with Gasteiger partial charge in [0.1, 0.15) is 17.7 Å². The van der Waals surface area contributed by atoms with Gasteiger partial charge in [0.25, 0.3) is 12.3 Å². The number of carbonyl (C=O) groups excluding carboxylic acids is 1. The number of nitrogens with zero attached hydrogens (tertiary/aromatic N) is 4. The van der Waals surface area contributed by atoms with E-state index in [-0.39, 0.29) is 42.3 Å². The van der Waals surface area contributed by atoms with E-state index in [9.17, 15) is 40.6 Å². The van der Waals surface area contributed by atoms with Crippen LogP contribution in [-0.2, 0) is 17.5 Å². The third kappa shape index (κ3) is 7.85. The summed E-state index contributed by atoms with van der Waals surface area (Å²) in [6.07, 6.45) is -9.48. The Morgan fingerprint density at radius 3 is 2.33 bits per heavy atom. The van der Waals surface area contributed by atoms with Gasteiger partial charge in [-0.2, -0.15) is 18.3 Å². The van der Waals surface area contributed by atoms with Crippen molar-refractivity contribution in [3.05, 3.63) is 71.1 Å². The molecular formula is C28H32F7N5O2. The monoisotopic (exact) mass is 603 g/mol. The topological polar surface area (TPSA) is 97.3 Å². The predicted molar refractivity (Wildman–Crippen MR) is 140 cm³/mol. The molecule has 3 rings (SSSR count). The number of rotatable bonds is 10. The first-order chi connectivity index (χ1) is 19.4. The molecule has 1 amide bonds. The zero-order chi connectivity index (χ0) is 31.6. The summed E-state index contributed by atoms with van der Waals surface area (Å²) >= 11 is 0. The molecule has 2 aromatic carbocycles.